The lowest BCUT2D eigenvalue weighted by atomic mass is 9.81. The number of esters is 1. The average Bonchev–Trinajstić information content (AvgIpc) is 4.08. The quantitative estimate of drug-likeness (QED) is 0.0161. The van der Waals surface area contributed by atoms with Gasteiger partial charge in [-0.25, -0.2) is 14.2 Å². The molecule has 5 aliphatic rings. The molecule has 424 valence electrons. The minimum absolute atomic E-state index is 0.0264. The van der Waals surface area contributed by atoms with Gasteiger partial charge in [-0.1, -0.05) is 42.8 Å². The first-order valence-electron chi connectivity index (χ1n) is 26.1. The summed E-state index contributed by atoms with van der Waals surface area (Å²) in [5, 5.41) is 38.7. The molecule has 0 radical (unpaired) electrons. The molecule has 5 atom stereocenters. The van der Waals surface area contributed by atoms with E-state index in [-0.39, 0.29) is 37.1 Å². The number of nitrogens with one attached hydrogen (secondary N) is 7. The highest BCUT2D eigenvalue weighted by Crippen LogP contribution is 2.46. The Hall–Kier alpha value is -9.01. The van der Waals surface area contributed by atoms with Gasteiger partial charge in [0, 0.05) is 47.7 Å². The Labute approximate surface area is 460 Å². The molecule has 0 unspecified atom stereocenters. The van der Waals surface area contributed by atoms with Gasteiger partial charge in [0.15, 0.2) is 11.7 Å². The number of fused-ring (bicyclic) bond motifs is 5. The van der Waals surface area contributed by atoms with Gasteiger partial charge in [-0.2, -0.15) is 0 Å². The van der Waals surface area contributed by atoms with Gasteiger partial charge in [0.25, 0.3) is 23.3 Å². The van der Waals surface area contributed by atoms with Gasteiger partial charge in [0.1, 0.15) is 31.2 Å². The maximum absolute atomic E-state index is 15.5. The predicted molar refractivity (Wildman–Crippen MR) is 280 cm³/mol. The Morgan fingerprint density at radius 2 is 1.56 bits per heavy atom. The number of carboxylic acids is 1. The second kappa shape index (κ2) is 23.8. The lowest BCUT2D eigenvalue weighted by Gasteiger charge is -2.31. The lowest BCUT2D eigenvalue weighted by Crippen LogP contribution is -2.56. The molecule has 9 N–H and O–H groups in total. The van der Waals surface area contributed by atoms with Gasteiger partial charge < -0.3 is 61.5 Å². The number of hydrogen-bond acceptors (Lipinski definition) is 16. The number of aliphatic hydroxyl groups is 1. The molecule has 8 amide bonds. The number of hydrogen-bond donors (Lipinski definition) is 9. The van der Waals surface area contributed by atoms with E-state index in [1.807, 2.05) is 0 Å². The molecule has 9 rings (SSSR count). The van der Waals surface area contributed by atoms with Gasteiger partial charge in [0.2, 0.25) is 29.5 Å². The number of rotatable bonds is 23. The minimum atomic E-state index is -2.08. The third-order valence-corrected chi connectivity index (χ3v) is 14.7. The largest absolute Gasteiger partial charge is 0.480 e. The summed E-state index contributed by atoms with van der Waals surface area (Å²) in [6.07, 6.45) is 4.36. The van der Waals surface area contributed by atoms with Crippen molar-refractivity contribution in [1.82, 2.24) is 51.7 Å². The Morgan fingerprint density at radius 1 is 0.864 bits per heavy atom. The fourth-order valence-corrected chi connectivity index (χ4v) is 10.3. The minimum Gasteiger partial charge on any atom is -0.480 e. The van der Waals surface area contributed by atoms with E-state index in [2.05, 4.69) is 37.2 Å². The molecule has 81 heavy (non-hydrogen) atoms. The zero-order valence-electron chi connectivity index (χ0n) is 43.9. The van der Waals surface area contributed by atoms with Crippen LogP contribution >= 0.6 is 0 Å². The smallest absolute Gasteiger partial charge is 0.343 e. The number of allylic oxidation sites excluding steroid dienone is 1. The molecule has 0 spiro atoms. The van der Waals surface area contributed by atoms with Crippen molar-refractivity contribution in [2.24, 2.45) is 0 Å². The lowest BCUT2D eigenvalue weighted by molar-refractivity contribution is -0.172. The molecule has 0 saturated heterocycles. The third-order valence-electron chi connectivity index (χ3n) is 14.7. The highest BCUT2D eigenvalue weighted by molar-refractivity contribution is 6.15. The van der Waals surface area contributed by atoms with E-state index < -0.39 is 140 Å². The van der Waals surface area contributed by atoms with E-state index >= 15 is 4.39 Å². The summed E-state index contributed by atoms with van der Waals surface area (Å²) in [5.41, 5.74) is 2.55. The summed E-state index contributed by atoms with van der Waals surface area (Å²) >= 11 is 0. The molecular weight excluding hydrogens is 1060 g/mol. The maximum Gasteiger partial charge on any atom is 0.343 e. The number of ether oxygens (including phenoxy) is 2. The number of benzene rings is 2. The van der Waals surface area contributed by atoms with E-state index in [1.165, 1.54) is 10.6 Å². The van der Waals surface area contributed by atoms with Gasteiger partial charge in [-0.15, -0.1) is 0 Å². The van der Waals surface area contributed by atoms with Crippen LogP contribution in [0.1, 0.15) is 77.6 Å². The Kier molecular flexibility index (Phi) is 16.6. The molecule has 4 aromatic rings. The second-order valence-electron chi connectivity index (χ2n) is 20.0. The maximum atomic E-state index is 15.5. The van der Waals surface area contributed by atoms with Gasteiger partial charge in [0.05, 0.1) is 61.2 Å². The fraction of sp³-hybridized carbons (Fsp3) is 0.382. The summed E-state index contributed by atoms with van der Waals surface area (Å²) in [6.45, 7) is -0.526. The molecular formula is C55H57FN10O15. The zero-order valence-corrected chi connectivity index (χ0v) is 43.9. The monoisotopic (exact) mass is 1120 g/mol. The Morgan fingerprint density at radius 3 is 2.25 bits per heavy atom. The standard InChI is InChI=1S/C55H57FN10O15/c1-3-55(79)33-17-38-49-31(24-65(38)53(77)32(33)25-80-54(55)78)48-35(12-11-30-27(2)34(56)18-36(63-49)47(30)48)64-52(76)40(16-29-9-10-29)81-26-61-42(68)21-59-50(74)37(15-28-7-5-4-6-8-28)62-43(69)22-58-41(67)20-60-51(75)39(19-57-23-46(72)73)66-44(70)13-14-45(66)71/h4-8,13-14,16-18,35,37,39-40,57,79H,3,9-12,15,19-26H2,1-2H3,(H,58,67)(H,59,74)(H,60,75)(H,61,68)(H,62,69)(H,64,76)(H,72,73)/t35-,37+,39-,40+,55+/m1/s1. The van der Waals surface area contributed by atoms with Crippen LogP contribution in [0, 0.1) is 12.7 Å². The number of imide groups is 1. The van der Waals surface area contributed by atoms with Crippen LogP contribution in [0.2, 0.25) is 0 Å². The molecule has 2 aromatic carbocycles. The summed E-state index contributed by atoms with van der Waals surface area (Å²) in [6, 6.07) is 7.99. The normalized spacial score (nSPS) is 18.4. The Balaban J connectivity index is 0.814. The number of aliphatic carboxylic acids is 1. The van der Waals surface area contributed by atoms with Crippen LogP contribution < -0.4 is 42.8 Å². The number of halogens is 1. The number of nitrogens with zero attached hydrogens (tertiary/aromatic N) is 3. The summed E-state index contributed by atoms with van der Waals surface area (Å²) in [4.78, 5) is 148. The number of carbonyl (C=O) groups excluding carboxylic acids is 9. The van der Waals surface area contributed by atoms with E-state index in [9.17, 15) is 57.8 Å². The van der Waals surface area contributed by atoms with Crippen molar-refractivity contribution in [3.63, 3.8) is 0 Å². The number of aryl methyl sites for hydroxylation is 1. The van der Waals surface area contributed by atoms with Crippen molar-refractivity contribution < 1.29 is 72.0 Å². The number of carbonyl (C=O) groups is 10. The van der Waals surface area contributed by atoms with Crippen molar-refractivity contribution in [3.8, 4) is 11.4 Å². The van der Waals surface area contributed by atoms with Gasteiger partial charge in [-0.05, 0) is 73.4 Å². The summed E-state index contributed by atoms with van der Waals surface area (Å²) in [5.74, 6) is -8.99. The van der Waals surface area contributed by atoms with Gasteiger partial charge >= 0.3 is 11.9 Å². The van der Waals surface area contributed by atoms with Crippen LogP contribution in [-0.4, -0.2) is 142 Å². The number of pyridine rings is 2. The highest BCUT2D eigenvalue weighted by atomic mass is 19.1. The zero-order chi connectivity index (χ0) is 57.9. The molecule has 25 nitrogen and oxygen atoms in total. The van der Waals surface area contributed by atoms with E-state index in [0.29, 0.717) is 67.8 Å². The SMILES string of the molecule is CC[C@@]1(O)C(=O)OCc2c1cc1n(c2=O)Cc2c-1nc1cc(F)c(C)c3c1c2[C@H](NC(=O)[C@H](C=C1CC1)OCNC(=O)CNC(=O)[C@H](Cc1ccccc1)NC(=O)CNC(=O)CNC(=O)[C@@H](CNCC(=O)O)N1C(=O)C=CC1=O)CC3. The van der Waals surface area contributed by atoms with Crippen LogP contribution in [0.3, 0.4) is 0 Å². The number of carboxylic acid groups (broad SMARTS) is 1. The van der Waals surface area contributed by atoms with E-state index in [4.69, 9.17) is 19.6 Å². The number of cyclic esters (lactones) is 1. The van der Waals surface area contributed by atoms with Crippen molar-refractivity contribution in [2.75, 3.05) is 39.5 Å². The molecule has 26 heteroatoms. The van der Waals surface area contributed by atoms with Crippen LogP contribution in [0.5, 0.6) is 0 Å². The molecule has 5 heterocycles. The Bertz CT molecular complexity index is 3430. The van der Waals surface area contributed by atoms with E-state index in [1.54, 1.807) is 56.3 Å². The van der Waals surface area contributed by atoms with Crippen molar-refractivity contribution in [3.05, 3.63) is 121 Å². The van der Waals surface area contributed by atoms with Crippen LogP contribution in [-0.2, 0) is 89.0 Å². The summed E-state index contributed by atoms with van der Waals surface area (Å²) in [7, 11) is 0. The first-order chi connectivity index (χ1) is 38.8. The first-order valence-corrected chi connectivity index (χ1v) is 26.1. The molecule has 1 fully saturated rings. The molecule has 3 aliphatic heterocycles. The molecule has 1 saturated carbocycles. The van der Waals surface area contributed by atoms with Crippen molar-refractivity contribution in [2.45, 2.75) is 95.4 Å². The average molecular weight is 1120 g/mol. The highest BCUT2D eigenvalue weighted by Gasteiger charge is 2.46. The first kappa shape index (κ1) is 56.7. The van der Waals surface area contributed by atoms with Crippen LogP contribution in [0.25, 0.3) is 22.3 Å². The van der Waals surface area contributed by atoms with E-state index in [0.717, 1.165) is 30.6 Å². The second-order valence-corrected chi connectivity index (χ2v) is 20.0. The fourth-order valence-electron chi connectivity index (χ4n) is 10.3. The summed E-state index contributed by atoms with van der Waals surface area (Å²) < 4.78 is 28.2. The van der Waals surface area contributed by atoms with Crippen molar-refractivity contribution >= 4 is 70.1 Å². The predicted octanol–water partition coefficient (Wildman–Crippen LogP) is -1.15. The van der Waals surface area contributed by atoms with Crippen LogP contribution in [0.4, 0.5) is 4.39 Å². The van der Waals surface area contributed by atoms with Gasteiger partial charge in [-0.3, -0.25) is 52.8 Å². The topological polar surface area (TPSA) is 352 Å². The molecule has 2 aliphatic carbocycles. The molecule has 2 aromatic heterocycles. The number of amides is 8. The molecule has 0 bridgehead atoms. The third kappa shape index (κ3) is 12.1. The number of aromatic nitrogens is 2. The van der Waals surface area contributed by atoms with Crippen LogP contribution in [0.15, 0.2) is 71.1 Å². The van der Waals surface area contributed by atoms with Crippen molar-refractivity contribution in [1.29, 1.82) is 0 Å².